The van der Waals surface area contributed by atoms with Crippen LogP contribution >= 0.6 is 11.3 Å². The number of aryl methyl sites for hydroxylation is 4. The Balaban J connectivity index is 1.71. The molecule has 0 aliphatic heterocycles. The Bertz CT molecular complexity index is 849. The smallest absolute Gasteiger partial charge is 0.139 e. The summed E-state index contributed by atoms with van der Waals surface area (Å²) in [6.07, 6.45) is 4.51. The van der Waals surface area contributed by atoms with E-state index in [2.05, 4.69) is 43.4 Å². The van der Waals surface area contributed by atoms with E-state index in [1.165, 1.54) is 46.2 Å². The molecule has 0 amide bonds. The standard InChI is InChI=1S/C19H21N3S/c1-3-16-21-18(20-11-13-9-7-12(2)8-10-13)17-14-5-4-6-15(14)23-19(17)22-16/h7-10H,3-6,11H2,1-2H3,(H,20,21,22). The number of benzene rings is 1. The maximum absolute atomic E-state index is 4.79. The number of fused-ring (bicyclic) bond motifs is 3. The van der Waals surface area contributed by atoms with E-state index < -0.39 is 0 Å². The molecular weight excluding hydrogens is 302 g/mol. The molecule has 0 atom stereocenters. The number of nitrogens with one attached hydrogen (secondary N) is 1. The number of anilines is 1. The molecule has 23 heavy (non-hydrogen) atoms. The maximum Gasteiger partial charge on any atom is 0.139 e. The summed E-state index contributed by atoms with van der Waals surface area (Å²) in [5.41, 5.74) is 4.06. The maximum atomic E-state index is 4.79. The molecule has 0 spiro atoms. The fourth-order valence-corrected chi connectivity index (χ4v) is 4.50. The summed E-state index contributed by atoms with van der Waals surface area (Å²) in [4.78, 5) is 12.2. The molecule has 0 unspecified atom stereocenters. The van der Waals surface area contributed by atoms with Gasteiger partial charge in [0.25, 0.3) is 0 Å². The van der Waals surface area contributed by atoms with Gasteiger partial charge in [-0.15, -0.1) is 11.3 Å². The van der Waals surface area contributed by atoms with Gasteiger partial charge in [0, 0.05) is 17.8 Å². The zero-order chi connectivity index (χ0) is 15.8. The molecule has 2 heterocycles. The van der Waals surface area contributed by atoms with Crippen molar-refractivity contribution in [2.45, 2.75) is 46.1 Å². The highest BCUT2D eigenvalue weighted by Gasteiger charge is 2.22. The zero-order valence-corrected chi connectivity index (χ0v) is 14.5. The Morgan fingerprint density at radius 3 is 2.74 bits per heavy atom. The Morgan fingerprint density at radius 2 is 1.96 bits per heavy atom. The van der Waals surface area contributed by atoms with E-state index in [-0.39, 0.29) is 0 Å². The predicted octanol–water partition coefficient (Wildman–Crippen LogP) is 4.66. The highest BCUT2D eigenvalue weighted by atomic mass is 32.1. The lowest BCUT2D eigenvalue weighted by atomic mass is 10.1. The lowest BCUT2D eigenvalue weighted by Gasteiger charge is -2.10. The number of hydrogen-bond donors (Lipinski definition) is 1. The van der Waals surface area contributed by atoms with E-state index >= 15 is 0 Å². The molecule has 1 aliphatic rings. The largest absolute Gasteiger partial charge is 0.365 e. The molecular formula is C19H21N3S. The molecule has 4 heteroatoms. The summed E-state index contributed by atoms with van der Waals surface area (Å²) < 4.78 is 0. The summed E-state index contributed by atoms with van der Waals surface area (Å²) in [6, 6.07) is 8.68. The Labute approximate surface area is 140 Å². The topological polar surface area (TPSA) is 37.8 Å². The van der Waals surface area contributed by atoms with Gasteiger partial charge >= 0.3 is 0 Å². The van der Waals surface area contributed by atoms with Crippen molar-refractivity contribution < 1.29 is 0 Å². The van der Waals surface area contributed by atoms with Gasteiger partial charge in [0.05, 0.1) is 5.39 Å². The van der Waals surface area contributed by atoms with Gasteiger partial charge < -0.3 is 5.32 Å². The number of aromatic nitrogens is 2. The zero-order valence-electron chi connectivity index (χ0n) is 13.6. The molecule has 3 nitrogen and oxygen atoms in total. The molecule has 0 bridgehead atoms. The van der Waals surface area contributed by atoms with Crippen molar-refractivity contribution in [2.75, 3.05) is 5.32 Å². The van der Waals surface area contributed by atoms with Gasteiger partial charge in [-0.25, -0.2) is 9.97 Å². The monoisotopic (exact) mass is 323 g/mol. The minimum Gasteiger partial charge on any atom is -0.365 e. The summed E-state index contributed by atoms with van der Waals surface area (Å²) in [5.74, 6) is 1.95. The molecule has 0 saturated carbocycles. The highest BCUT2D eigenvalue weighted by molar-refractivity contribution is 7.19. The van der Waals surface area contributed by atoms with Crippen LogP contribution in [0.1, 0.15) is 40.7 Å². The number of nitrogens with zero attached hydrogens (tertiary/aromatic N) is 2. The van der Waals surface area contributed by atoms with Crippen molar-refractivity contribution in [3.05, 3.63) is 51.7 Å². The molecule has 118 valence electrons. The van der Waals surface area contributed by atoms with Gasteiger partial charge in [0.1, 0.15) is 16.5 Å². The fraction of sp³-hybridized carbons (Fsp3) is 0.368. The molecule has 0 radical (unpaired) electrons. The van der Waals surface area contributed by atoms with Gasteiger partial charge in [-0.1, -0.05) is 36.8 Å². The highest BCUT2D eigenvalue weighted by Crippen LogP contribution is 2.39. The SMILES string of the molecule is CCc1nc(NCc2ccc(C)cc2)c2c3c(sc2n1)CCC3. The average Bonchev–Trinajstić information content (AvgIpc) is 3.14. The molecule has 3 aromatic rings. The van der Waals surface area contributed by atoms with Crippen molar-refractivity contribution in [2.24, 2.45) is 0 Å². The van der Waals surface area contributed by atoms with Crippen molar-refractivity contribution in [1.29, 1.82) is 0 Å². The first-order chi connectivity index (χ1) is 11.2. The molecule has 2 aromatic heterocycles. The van der Waals surface area contributed by atoms with Gasteiger partial charge in [0.15, 0.2) is 0 Å². The molecule has 0 fully saturated rings. The summed E-state index contributed by atoms with van der Waals surface area (Å²) in [7, 11) is 0. The second-order valence-corrected chi connectivity index (χ2v) is 7.30. The number of hydrogen-bond acceptors (Lipinski definition) is 4. The van der Waals surface area contributed by atoms with Crippen LogP contribution in [-0.4, -0.2) is 9.97 Å². The van der Waals surface area contributed by atoms with Crippen molar-refractivity contribution in [1.82, 2.24) is 9.97 Å². The predicted molar refractivity (Wildman–Crippen MR) is 97.3 cm³/mol. The summed E-state index contributed by atoms with van der Waals surface area (Å²) in [6.45, 7) is 5.04. The Hall–Kier alpha value is -1.94. The second-order valence-electron chi connectivity index (χ2n) is 6.22. The molecule has 4 rings (SSSR count). The first kappa shape index (κ1) is 14.6. The van der Waals surface area contributed by atoms with E-state index in [9.17, 15) is 0 Å². The van der Waals surface area contributed by atoms with Crippen LogP contribution in [0.25, 0.3) is 10.2 Å². The molecule has 1 aliphatic carbocycles. The third-order valence-corrected chi connectivity index (χ3v) is 5.69. The van der Waals surface area contributed by atoms with Crippen LogP contribution in [0.15, 0.2) is 24.3 Å². The molecule has 1 aromatic carbocycles. The molecule has 0 saturated heterocycles. The van der Waals surface area contributed by atoms with Crippen LogP contribution in [0.4, 0.5) is 5.82 Å². The van der Waals surface area contributed by atoms with E-state index in [0.717, 1.165) is 29.4 Å². The molecule has 1 N–H and O–H groups in total. The van der Waals surface area contributed by atoms with E-state index in [0.29, 0.717) is 0 Å². The van der Waals surface area contributed by atoms with Crippen LogP contribution in [-0.2, 0) is 25.8 Å². The lowest BCUT2D eigenvalue weighted by molar-refractivity contribution is 0.914. The third kappa shape index (κ3) is 2.72. The van der Waals surface area contributed by atoms with Crippen LogP contribution in [0.5, 0.6) is 0 Å². The summed E-state index contributed by atoms with van der Waals surface area (Å²) >= 11 is 1.86. The minimum absolute atomic E-state index is 0.806. The van der Waals surface area contributed by atoms with Gasteiger partial charge in [-0.05, 0) is 37.3 Å². The Morgan fingerprint density at radius 1 is 1.13 bits per heavy atom. The lowest BCUT2D eigenvalue weighted by Crippen LogP contribution is -2.05. The van der Waals surface area contributed by atoms with Crippen LogP contribution in [0, 0.1) is 6.92 Å². The first-order valence-electron chi connectivity index (χ1n) is 8.35. The quantitative estimate of drug-likeness (QED) is 0.758. The van der Waals surface area contributed by atoms with Gasteiger partial charge in [0.2, 0.25) is 0 Å². The third-order valence-electron chi connectivity index (χ3n) is 4.51. The van der Waals surface area contributed by atoms with Crippen molar-refractivity contribution >= 4 is 27.4 Å². The van der Waals surface area contributed by atoms with E-state index in [4.69, 9.17) is 9.97 Å². The van der Waals surface area contributed by atoms with E-state index in [1.807, 2.05) is 11.3 Å². The normalized spacial score (nSPS) is 13.5. The van der Waals surface area contributed by atoms with Crippen LogP contribution < -0.4 is 5.32 Å². The second kappa shape index (κ2) is 5.93. The van der Waals surface area contributed by atoms with E-state index in [1.54, 1.807) is 0 Å². The minimum atomic E-state index is 0.806. The summed E-state index contributed by atoms with van der Waals surface area (Å²) in [5, 5.41) is 4.84. The average molecular weight is 323 g/mol. The Kier molecular flexibility index (Phi) is 3.77. The van der Waals surface area contributed by atoms with Crippen molar-refractivity contribution in [3.8, 4) is 0 Å². The fourth-order valence-electron chi connectivity index (χ4n) is 3.22. The first-order valence-corrected chi connectivity index (χ1v) is 9.17. The number of thiophene rings is 1. The van der Waals surface area contributed by atoms with Crippen LogP contribution in [0.3, 0.4) is 0 Å². The van der Waals surface area contributed by atoms with Gasteiger partial charge in [-0.3, -0.25) is 0 Å². The van der Waals surface area contributed by atoms with Gasteiger partial charge in [-0.2, -0.15) is 0 Å². The van der Waals surface area contributed by atoms with Crippen LogP contribution in [0.2, 0.25) is 0 Å². The van der Waals surface area contributed by atoms with Crippen molar-refractivity contribution in [3.63, 3.8) is 0 Å². The number of rotatable bonds is 4.